The lowest BCUT2D eigenvalue weighted by Crippen LogP contribution is -2.12. The first-order chi connectivity index (χ1) is 9.61. The first-order valence-electron chi connectivity index (χ1n) is 6.08. The lowest BCUT2D eigenvalue weighted by molar-refractivity contribution is 0.0596. The summed E-state index contributed by atoms with van der Waals surface area (Å²) in [7, 11) is 1.56. The summed E-state index contributed by atoms with van der Waals surface area (Å²) in [6.45, 7) is 1.85. The molecule has 0 atom stereocenters. The number of aryl methyl sites for hydroxylation is 1. The quantitative estimate of drug-likeness (QED) is 0.661. The van der Waals surface area contributed by atoms with Crippen molar-refractivity contribution in [2.45, 2.75) is 6.92 Å². The third kappa shape index (κ3) is 3.00. The zero-order chi connectivity index (χ0) is 14.5. The minimum absolute atomic E-state index is 0.432. The summed E-state index contributed by atoms with van der Waals surface area (Å²) in [5.74, 6) is 0.177. The summed E-state index contributed by atoms with van der Waals surface area (Å²) in [6, 6.07) is 12.2. The number of benzene rings is 2. The number of nitrogens with two attached hydrogens (primary N) is 1. The monoisotopic (exact) mass is 272 g/mol. The van der Waals surface area contributed by atoms with E-state index in [0.29, 0.717) is 22.7 Å². The van der Waals surface area contributed by atoms with E-state index in [1.54, 1.807) is 37.4 Å². The number of nitrogens with one attached hydrogen (secondary N) is 1. The third-order valence-corrected chi connectivity index (χ3v) is 2.88. The van der Waals surface area contributed by atoms with Crippen molar-refractivity contribution in [3.8, 4) is 5.75 Å². The number of nitrogen functional groups attached to an aromatic ring is 1. The van der Waals surface area contributed by atoms with Crippen LogP contribution in [0.15, 0.2) is 42.5 Å². The van der Waals surface area contributed by atoms with Gasteiger partial charge in [0.2, 0.25) is 0 Å². The fraction of sp³-hybridized carbons (Fsp3) is 0.133. The van der Waals surface area contributed by atoms with Crippen molar-refractivity contribution in [2.24, 2.45) is 0 Å². The summed E-state index contributed by atoms with van der Waals surface area (Å²) >= 11 is 0. The fourth-order valence-corrected chi connectivity index (χ4v) is 1.72. The van der Waals surface area contributed by atoms with Crippen molar-refractivity contribution >= 4 is 17.3 Å². The van der Waals surface area contributed by atoms with Crippen molar-refractivity contribution in [3.05, 3.63) is 53.6 Å². The molecule has 0 unspecified atom stereocenters. The van der Waals surface area contributed by atoms with Gasteiger partial charge in [-0.15, -0.1) is 0 Å². The Balaban J connectivity index is 2.06. The zero-order valence-electron chi connectivity index (χ0n) is 11.3. The molecule has 0 saturated carbocycles. The van der Waals surface area contributed by atoms with Gasteiger partial charge in [-0.3, -0.25) is 0 Å². The molecule has 3 N–H and O–H groups in total. The van der Waals surface area contributed by atoms with Gasteiger partial charge in [-0.1, -0.05) is 18.2 Å². The van der Waals surface area contributed by atoms with Crippen LogP contribution >= 0.6 is 0 Å². The van der Waals surface area contributed by atoms with E-state index in [4.69, 9.17) is 15.3 Å². The molecule has 0 bridgehead atoms. The second-order valence-corrected chi connectivity index (χ2v) is 4.26. The van der Waals surface area contributed by atoms with Gasteiger partial charge in [0.15, 0.2) is 0 Å². The molecule has 0 aliphatic rings. The van der Waals surface area contributed by atoms with E-state index in [1.165, 1.54) is 0 Å². The number of hydrogen-bond donors (Lipinski definition) is 2. The number of ether oxygens (including phenoxy) is 1. The third-order valence-electron chi connectivity index (χ3n) is 2.88. The van der Waals surface area contributed by atoms with E-state index >= 15 is 0 Å². The molecular weight excluding hydrogens is 256 g/mol. The molecule has 5 heteroatoms. The van der Waals surface area contributed by atoms with Gasteiger partial charge in [-0.05, 0) is 30.7 Å². The molecule has 0 aliphatic carbocycles. The Morgan fingerprint density at radius 1 is 1.20 bits per heavy atom. The smallest absolute Gasteiger partial charge is 0.363 e. The highest BCUT2D eigenvalue weighted by atomic mass is 16.7. The fourth-order valence-electron chi connectivity index (χ4n) is 1.72. The van der Waals surface area contributed by atoms with Crippen molar-refractivity contribution in [3.63, 3.8) is 0 Å². The first-order valence-corrected chi connectivity index (χ1v) is 6.08. The second-order valence-electron chi connectivity index (χ2n) is 4.26. The van der Waals surface area contributed by atoms with Gasteiger partial charge >= 0.3 is 5.97 Å². The highest BCUT2D eigenvalue weighted by Crippen LogP contribution is 2.24. The molecule has 2 aromatic carbocycles. The Bertz CT molecular complexity index is 626. The molecule has 2 rings (SSSR count). The van der Waals surface area contributed by atoms with Crippen LogP contribution < -0.4 is 16.0 Å². The molecular formula is C15H16N2O3. The standard InChI is InChI=1S/C15H16N2O3/c1-10-5-3-4-6-12(10)15(18)20-17-14-8-7-11(19-2)9-13(14)16/h3-9,17H,16H2,1-2H3. The molecule has 0 aliphatic heterocycles. The van der Waals surface area contributed by atoms with Crippen molar-refractivity contribution < 1.29 is 14.4 Å². The minimum atomic E-state index is -0.460. The SMILES string of the molecule is COc1ccc(NOC(=O)c2ccccc2C)c(N)c1. The molecule has 0 amide bonds. The molecule has 104 valence electrons. The van der Waals surface area contributed by atoms with E-state index < -0.39 is 5.97 Å². The van der Waals surface area contributed by atoms with Gasteiger partial charge in [-0.25, -0.2) is 10.3 Å². The van der Waals surface area contributed by atoms with E-state index in [0.717, 1.165) is 5.56 Å². The topological polar surface area (TPSA) is 73.6 Å². The molecule has 0 spiro atoms. The molecule has 0 heterocycles. The number of anilines is 2. The van der Waals surface area contributed by atoms with Crippen molar-refractivity contribution in [1.82, 2.24) is 0 Å². The van der Waals surface area contributed by atoms with Crippen molar-refractivity contribution in [1.29, 1.82) is 0 Å². The maximum Gasteiger partial charge on any atom is 0.363 e. The van der Waals surface area contributed by atoms with Gasteiger partial charge < -0.3 is 15.3 Å². The summed E-state index contributed by atoms with van der Waals surface area (Å²) in [5, 5.41) is 0. The van der Waals surface area contributed by atoms with Crippen LogP contribution in [0, 0.1) is 6.92 Å². The maximum atomic E-state index is 11.9. The van der Waals surface area contributed by atoms with E-state index in [9.17, 15) is 4.79 Å². The van der Waals surface area contributed by atoms with Crippen LogP contribution in [0.2, 0.25) is 0 Å². The van der Waals surface area contributed by atoms with E-state index in [-0.39, 0.29) is 0 Å². The molecule has 0 aromatic heterocycles. The van der Waals surface area contributed by atoms with E-state index in [1.807, 2.05) is 19.1 Å². The average molecular weight is 272 g/mol. The number of carbonyl (C=O) groups is 1. The number of hydrogen-bond acceptors (Lipinski definition) is 5. The summed E-state index contributed by atoms with van der Waals surface area (Å²) in [4.78, 5) is 17.0. The lowest BCUT2D eigenvalue weighted by atomic mass is 10.1. The summed E-state index contributed by atoms with van der Waals surface area (Å²) in [5.41, 5.74) is 10.7. The molecule has 0 radical (unpaired) electrons. The van der Waals surface area contributed by atoms with Crippen LogP contribution in [-0.4, -0.2) is 13.1 Å². The van der Waals surface area contributed by atoms with Crippen LogP contribution in [0.5, 0.6) is 5.75 Å². The second kappa shape index (κ2) is 5.97. The van der Waals surface area contributed by atoms with Gasteiger partial charge in [0.05, 0.1) is 24.0 Å². The highest BCUT2D eigenvalue weighted by Gasteiger charge is 2.11. The summed E-state index contributed by atoms with van der Waals surface area (Å²) < 4.78 is 5.05. The molecule has 0 fully saturated rings. The molecule has 2 aromatic rings. The first kappa shape index (κ1) is 13.7. The van der Waals surface area contributed by atoms with Gasteiger partial charge in [0.1, 0.15) is 5.75 Å². The number of carbonyl (C=O) groups excluding carboxylic acids is 1. The Kier molecular flexibility index (Phi) is 4.10. The predicted octanol–water partition coefficient (Wildman–Crippen LogP) is 2.77. The van der Waals surface area contributed by atoms with Crippen molar-refractivity contribution in [2.75, 3.05) is 18.3 Å². The highest BCUT2D eigenvalue weighted by molar-refractivity contribution is 5.91. The van der Waals surface area contributed by atoms with Gasteiger partial charge in [0, 0.05) is 6.07 Å². The van der Waals surface area contributed by atoms with Gasteiger partial charge in [0.25, 0.3) is 0 Å². The summed E-state index contributed by atoms with van der Waals surface area (Å²) in [6.07, 6.45) is 0. The Morgan fingerprint density at radius 2 is 1.95 bits per heavy atom. The molecule has 20 heavy (non-hydrogen) atoms. The Morgan fingerprint density at radius 3 is 2.60 bits per heavy atom. The van der Waals surface area contributed by atoms with E-state index in [2.05, 4.69) is 5.48 Å². The largest absolute Gasteiger partial charge is 0.497 e. The molecule has 0 saturated heterocycles. The van der Waals surface area contributed by atoms with Crippen LogP contribution in [-0.2, 0) is 4.84 Å². The number of methoxy groups -OCH3 is 1. The Labute approximate surface area is 117 Å². The Hall–Kier alpha value is -2.69. The maximum absolute atomic E-state index is 11.9. The van der Waals surface area contributed by atoms with Crippen LogP contribution in [0.1, 0.15) is 15.9 Å². The number of rotatable bonds is 4. The van der Waals surface area contributed by atoms with Crippen LogP contribution in [0.4, 0.5) is 11.4 Å². The average Bonchev–Trinajstić information content (AvgIpc) is 2.46. The predicted molar refractivity (Wildman–Crippen MR) is 77.6 cm³/mol. The zero-order valence-corrected chi connectivity index (χ0v) is 11.3. The molecule has 5 nitrogen and oxygen atoms in total. The van der Waals surface area contributed by atoms with Gasteiger partial charge in [-0.2, -0.15) is 0 Å². The van der Waals surface area contributed by atoms with Crippen LogP contribution in [0.25, 0.3) is 0 Å². The van der Waals surface area contributed by atoms with Crippen LogP contribution in [0.3, 0.4) is 0 Å². The minimum Gasteiger partial charge on any atom is -0.497 e. The lowest BCUT2D eigenvalue weighted by Gasteiger charge is -2.11. The normalized spacial score (nSPS) is 9.90.